The molecule has 0 bridgehead atoms. The first-order valence-electron chi connectivity index (χ1n) is 4.46. The van der Waals surface area contributed by atoms with Crippen molar-refractivity contribution in [3.05, 3.63) is 28.8 Å². The third-order valence-corrected chi connectivity index (χ3v) is 2.15. The number of phenols is 1. The molecule has 2 nitrogen and oxygen atoms in total. The van der Waals surface area contributed by atoms with Crippen LogP contribution in [0.15, 0.2) is 12.1 Å². The van der Waals surface area contributed by atoms with Crippen LogP contribution in [-0.4, -0.2) is 16.8 Å². The molecule has 0 aliphatic carbocycles. The lowest BCUT2D eigenvalue weighted by atomic mass is 10.0. The Kier molecular flexibility index (Phi) is 3.53. The average Bonchev–Trinajstić information content (AvgIpc) is 2.09. The first-order valence-corrected chi connectivity index (χ1v) is 4.90. The summed E-state index contributed by atoms with van der Waals surface area (Å²) in [6, 6.07) is 3.51. The molecule has 0 spiro atoms. The molecule has 1 aromatic carbocycles. The van der Waals surface area contributed by atoms with Crippen molar-refractivity contribution >= 4 is 17.9 Å². The van der Waals surface area contributed by atoms with E-state index in [0.717, 1.165) is 11.1 Å². The topological polar surface area (TPSA) is 37.3 Å². The van der Waals surface area contributed by atoms with Gasteiger partial charge in [-0.3, -0.25) is 4.79 Å². The molecule has 0 aliphatic heterocycles. The highest BCUT2D eigenvalue weighted by Crippen LogP contribution is 2.25. The van der Waals surface area contributed by atoms with Crippen LogP contribution in [0.4, 0.5) is 0 Å². The van der Waals surface area contributed by atoms with Gasteiger partial charge in [0, 0.05) is 5.38 Å². The Morgan fingerprint density at radius 3 is 2.71 bits per heavy atom. The van der Waals surface area contributed by atoms with E-state index in [1.807, 2.05) is 19.9 Å². The fourth-order valence-corrected chi connectivity index (χ4v) is 1.60. The fourth-order valence-electron chi connectivity index (χ4n) is 1.43. The maximum Gasteiger partial charge on any atom is 0.153 e. The van der Waals surface area contributed by atoms with E-state index < -0.39 is 0 Å². The highest BCUT2D eigenvalue weighted by atomic mass is 35.5. The van der Waals surface area contributed by atoms with Crippen molar-refractivity contribution in [1.29, 1.82) is 0 Å². The number of carbonyl (C=O) groups is 1. The predicted molar refractivity (Wildman–Crippen MR) is 57.3 cm³/mol. The van der Waals surface area contributed by atoms with Gasteiger partial charge in [0.1, 0.15) is 5.75 Å². The van der Waals surface area contributed by atoms with E-state index in [-0.39, 0.29) is 11.1 Å². The molecule has 1 N–H and O–H groups in total. The molecule has 1 rings (SSSR count). The van der Waals surface area contributed by atoms with Crippen LogP contribution in [0, 0.1) is 6.92 Å². The third kappa shape index (κ3) is 2.48. The van der Waals surface area contributed by atoms with Gasteiger partial charge in [-0.15, -0.1) is 11.6 Å². The lowest BCUT2D eigenvalue weighted by Gasteiger charge is -2.09. The average molecular weight is 213 g/mol. The van der Waals surface area contributed by atoms with E-state index in [1.165, 1.54) is 0 Å². The quantitative estimate of drug-likeness (QED) is 0.618. The number of aromatic hydroxyl groups is 1. The van der Waals surface area contributed by atoms with Gasteiger partial charge >= 0.3 is 0 Å². The highest BCUT2D eigenvalue weighted by Gasteiger charge is 2.09. The molecule has 1 unspecified atom stereocenters. The number of hydrogen-bond donors (Lipinski definition) is 1. The molecule has 3 heteroatoms. The largest absolute Gasteiger partial charge is 0.507 e. The summed E-state index contributed by atoms with van der Waals surface area (Å²) in [6.07, 6.45) is 1.22. The number of benzene rings is 1. The smallest absolute Gasteiger partial charge is 0.153 e. The van der Waals surface area contributed by atoms with Crippen LogP contribution >= 0.6 is 11.6 Å². The number of phenolic OH excluding ortho intramolecular Hbond substituents is 1. The van der Waals surface area contributed by atoms with Gasteiger partial charge in [0.2, 0.25) is 0 Å². The summed E-state index contributed by atoms with van der Waals surface area (Å²) in [6.45, 7) is 3.73. The standard InChI is InChI=1S/C11H13ClO2/c1-7-3-9(5-8(2)12)11(14)10(4-7)6-13/h3-4,6,8,14H,5H2,1-2H3. The Morgan fingerprint density at radius 1 is 1.57 bits per heavy atom. The van der Waals surface area contributed by atoms with Crippen LogP contribution < -0.4 is 0 Å². The second-order valence-electron chi connectivity index (χ2n) is 3.46. The van der Waals surface area contributed by atoms with Crippen LogP contribution in [0.2, 0.25) is 0 Å². The molecular weight excluding hydrogens is 200 g/mol. The van der Waals surface area contributed by atoms with E-state index in [0.29, 0.717) is 18.3 Å². The summed E-state index contributed by atoms with van der Waals surface area (Å²) in [7, 11) is 0. The second kappa shape index (κ2) is 4.47. The number of aldehydes is 1. The van der Waals surface area contributed by atoms with Crippen molar-refractivity contribution in [1.82, 2.24) is 0 Å². The zero-order valence-electron chi connectivity index (χ0n) is 8.25. The van der Waals surface area contributed by atoms with Gasteiger partial charge in [-0.25, -0.2) is 0 Å². The summed E-state index contributed by atoms with van der Waals surface area (Å²) >= 11 is 5.83. The molecule has 0 saturated heterocycles. The molecule has 0 aliphatic rings. The Hall–Kier alpha value is -1.02. The monoisotopic (exact) mass is 212 g/mol. The normalized spacial score (nSPS) is 12.5. The maximum atomic E-state index is 10.6. The fraction of sp³-hybridized carbons (Fsp3) is 0.364. The third-order valence-electron chi connectivity index (χ3n) is 1.99. The summed E-state index contributed by atoms with van der Waals surface area (Å²) in [5.74, 6) is 0.0538. The summed E-state index contributed by atoms with van der Waals surface area (Å²) in [4.78, 5) is 10.6. The number of aryl methyl sites for hydroxylation is 1. The van der Waals surface area contributed by atoms with Crippen LogP contribution in [0.5, 0.6) is 5.75 Å². The minimum atomic E-state index is -0.0535. The van der Waals surface area contributed by atoms with Gasteiger partial charge in [0.25, 0.3) is 0 Å². The summed E-state index contributed by atoms with van der Waals surface area (Å²) < 4.78 is 0. The SMILES string of the molecule is Cc1cc(C=O)c(O)c(CC(C)Cl)c1. The Bertz CT molecular complexity index is 345. The van der Waals surface area contributed by atoms with Crippen molar-refractivity contribution in [3.8, 4) is 5.75 Å². The molecule has 14 heavy (non-hydrogen) atoms. The number of rotatable bonds is 3. The van der Waals surface area contributed by atoms with E-state index in [9.17, 15) is 9.90 Å². The molecule has 0 radical (unpaired) electrons. The lowest BCUT2D eigenvalue weighted by Crippen LogP contribution is -1.99. The number of hydrogen-bond acceptors (Lipinski definition) is 2. The Morgan fingerprint density at radius 2 is 2.21 bits per heavy atom. The Balaban J connectivity index is 3.15. The molecule has 0 fully saturated rings. The molecule has 0 heterocycles. The first-order chi connectivity index (χ1) is 6.54. The van der Waals surface area contributed by atoms with Gasteiger partial charge < -0.3 is 5.11 Å². The molecule has 1 atom stereocenters. The molecule has 0 aromatic heterocycles. The van der Waals surface area contributed by atoms with Gasteiger partial charge in [-0.05, 0) is 37.5 Å². The highest BCUT2D eigenvalue weighted by molar-refractivity contribution is 6.20. The van der Waals surface area contributed by atoms with Gasteiger partial charge in [0.05, 0.1) is 5.56 Å². The Labute approximate surface area is 88.5 Å². The number of carbonyl (C=O) groups excluding carboxylic acids is 1. The van der Waals surface area contributed by atoms with Crippen molar-refractivity contribution in [2.75, 3.05) is 0 Å². The van der Waals surface area contributed by atoms with Crippen LogP contribution in [0.3, 0.4) is 0 Å². The number of halogens is 1. The second-order valence-corrected chi connectivity index (χ2v) is 4.21. The molecule has 0 amide bonds. The van der Waals surface area contributed by atoms with Gasteiger partial charge in [0.15, 0.2) is 6.29 Å². The van der Waals surface area contributed by atoms with E-state index in [4.69, 9.17) is 11.6 Å². The molecule has 1 aromatic rings. The van der Waals surface area contributed by atoms with E-state index in [2.05, 4.69) is 0 Å². The van der Waals surface area contributed by atoms with Gasteiger partial charge in [-0.2, -0.15) is 0 Å². The molecule has 0 saturated carbocycles. The zero-order valence-corrected chi connectivity index (χ0v) is 9.01. The molecular formula is C11H13ClO2. The minimum Gasteiger partial charge on any atom is -0.507 e. The van der Waals surface area contributed by atoms with Crippen LogP contribution in [0.1, 0.15) is 28.4 Å². The zero-order chi connectivity index (χ0) is 10.7. The van der Waals surface area contributed by atoms with Crippen LogP contribution in [-0.2, 0) is 6.42 Å². The van der Waals surface area contributed by atoms with Crippen molar-refractivity contribution < 1.29 is 9.90 Å². The van der Waals surface area contributed by atoms with Crippen molar-refractivity contribution in [2.24, 2.45) is 0 Å². The first kappa shape index (κ1) is 11.1. The minimum absolute atomic E-state index is 0.0535. The maximum absolute atomic E-state index is 10.6. The predicted octanol–water partition coefficient (Wildman–Crippen LogP) is 2.68. The summed E-state index contributed by atoms with van der Waals surface area (Å²) in [5.41, 5.74) is 2.02. The molecule has 76 valence electrons. The van der Waals surface area contributed by atoms with Gasteiger partial charge in [-0.1, -0.05) is 6.07 Å². The lowest BCUT2D eigenvalue weighted by molar-refractivity contribution is 0.112. The number of alkyl halides is 1. The van der Waals surface area contributed by atoms with E-state index in [1.54, 1.807) is 6.07 Å². The van der Waals surface area contributed by atoms with Crippen molar-refractivity contribution in [2.45, 2.75) is 25.6 Å². The van der Waals surface area contributed by atoms with Crippen LogP contribution in [0.25, 0.3) is 0 Å². The van der Waals surface area contributed by atoms with Crippen molar-refractivity contribution in [3.63, 3.8) is 0 Å². The summed E-state index contributed by atoms with van der Waals surface area (Å²) in [5, 5.41) is 9.62. The van der Waals surface area contributed by atoms with E-state index >= 15 is 0 Å².